The molecule has 1 aliphatic rings. The van der Waals surface area contributed by atoms with E-state index in [1.807, 2.05) is 0 Å². The lowest BCUT2D eigenvalue weighted by Crippen LogP contribution is -2.47. The number of hydrogen-bond acceptors (Lipinski definition) is 3. The van der Waals surface area contributed by atoms with E-state index in [0.717, 1.165) is 0 Å². The first-order chi connectivity index (χ1) is 9.34. The van der Waals surface area contributed by atoms with Crippen molar-refractivity contribution in [3.63, 3.8) is 0 Å². The van der Waals surface area contributed by atoms with E-state index in [1.54, 1.807) is 19.1 Å². The third-order valence-electron chi connectivity index (χ3n) is 3.60. The van der Waals surface area contributed by atoms with Gasteiger partial charge in [0.15, 0.2) is 0 Å². The number of benzene rings is 1. The number of carbonyl (C=O) groups is 1. The molecule has 0 aromatic heterocycles. The molecule has 0 radical (unpaired) electrons. The third kappa shape index (κ3) is 2.82. The van der Waals surface area contributed by atoms with Crippen molar-refractivity contribution in [1.29, 1.82) is 0 Å². The Hall–Kier alpha value is -1.11. The van der Waals surface area contributed by atoms with Crippen LogP contribution < -0.4 is 0 Å². The number of halogens is 1. The van der Waals surface area contributed by atoms with Crippen LogP contribution in [0.1, 0.15) is 19.8 Å². The summed E-state index contributed by atoms with van der Waals surface area (Å²) in [5.41, 5.74) is 0. The number of nitrogens with zero attached hydrogens (tertiary/aromatic N) is 1. The van der Waals surface area contributed by atoms with Gasteiger partial charge in [0.2, 0.25) is 10.0 Å². The van der Waals surface area contributed by atoms with Gasteiger partial charge in [-0.3, -0.25) is 4.79 Å². The minimum absolute atomic E-state index is 0.00986. The molecular formula is C13H16ClNO4S. The van der Waals surface area contributed by atoms with E-state index < -0.39 is 21.9 Å². The molecule has 1 aliphatic heterocycles. The van der Waals surface area contributed by atoms with Crippen molar-refractivity contribution in [2.45, 2.75) is 30.7 Å². The molecule has 1 N–H and O–H groups in total. The molecule has 0 aliphatic carbocycles. The number of sulfonamides is 1. The largest absolute Gasteiger partial charge is 0.481 e. The van der Waals surface area contributed by atoms with Gasteiger partial charge in [-0.1, -0.05) is 23.7 Å². The lowest BCUT2D eigenvalue weighted by atomic mass is 9.96. The van der Waals surface area contributed by atoms with Crippen LogP contribution in [0, 0.1) is 5.92 Å². The second-order valence-electron chi connectivity index (χ2n) is 4.97. The molecule has 2 rings (SSSR count). The molecule has 0 saturated carbocycles. The van der Waals surface area contributed by atoms with Gasteiger partial charge in [-0.25, -0.2) is 8.42 Å². The Kier molecular flexibility index (Phi) is 4.36. The highest BCUT2D eigenvalue weighted by Gasteiger charge is 2.38. The molecule has 1 fully saturated rings. The molecule has 7 heteroatoms. The van der Waals surface area contributed by atoms with E-state index in [-0.39, 0.29) is 22.5 Å². The molecule has 0 bridgehead atoms. The molecule has 0 spiro atoms. The van der Waals surface area contributed by atoms with Crippen molar-refractivity contribution < 1.29 is 18.3 Å². The molecule has 1 saturated heterocycles. The number of aliphatic carboxylic acids is 1. The van der Waals surface area contributed by atoms with E-state index >= 15 is 0 Å². The smallest absolute Gasteiger partial charge is 0.307 e. The van der Waals surface area contributed by atoms with Crippen molar-refractivity contribution in [3.05, 3.63) is 29.3 Å². The summed E-state index contributed by atoms with van der Waals surface area (Å²) in [4.78, 5) is 11.1. The molecular weight excluding hydrogens is 302 g/mol. The summed E-state index contributed by atoms with van der Waals surface area (Å²) in [5.74, 6) is -1.63. The minimum atomic E-state index is -3.77. The maximum absolute atomic E-state index is 12.6. The number of rotatable bonds is 3. The van der Waals surface area contributed by atoms with Crippen LogP contribution in [-0.4, -0.2) is 36.4 Å². The zero-order chi connectivity index (χ0) is 14.9. The molecule has 1 aromatic rings. The summed E-state index contributed by atoms with van der Waals surface area (Å²) in [6.45, 7) is 1.77. The van der Waals surface area contributed by atoms with Crippen LogP contribution in [0.25, 0.3) is 0 Å². The van der Waals surface area contributed by atoms with E-state index in [0.29, 0.717) is 12.8 Å². The third-order valence-corrected chi connectivity index (χ3v) is 6.08. The standard InChI is InChI=1S/C13H16ClNO4S/c1-9-6-7-10(13(16)17)8-15(9)20(18,19)12-5-3-2-4-11(12)14/h2-5,9-10H,6-8H2,1H3,(H,16,17). The van der Waals surface area contributed by atoms with Crippen molar-refractivity contribution in [3.8, 4) is 0 Å². The summed E-state index contributed by atoms with van der Waals surface area (Å²) in [7, 11) is -3.77. The van der Waals surface area contributed by atoms with Crippen LogP contribution in [-0.2, 0) is 14.8 Å². The average molecular weight is 318 g/mol. The van der Waals surface area contributed by atoms with Gasteiger partial charge in [0, 0.05) is 12.6 Å². The van der Waals surface area contributed by atoms with E-state index in [4.69, 9.17) is 16.7 Å². The van der Waals surface area contributed by atoms with E-state index in [9.17, 15) is 13.2 Å². The Labute approximate surface area is 123 Å². The predicted molar refractivity (Wildman–Crippen MR) is 75.2 cm³/mol. The average Bonchev–Trinajstić information content (AvgIpc) is 2.39. The number of carboxylic acid groups (broad SMARTS) is 1. The Morgan fingerprint density at radius 3 is 2.60 bits per heavy atom. The first-order valence-electron chi connectivity index (χ1n) is 6.33. The van der Waals surface area contributed by atoms with Gasteiger partial charge in [0.25, 0.3) is 0 Å². The number of hydrogen-bond donors (Lipinski definition) is 1. The second-order valence-corrected chi connectivity index (χ2v) is 7.23. The number of carboxylic acids is 1. The fraction of sp³-hybridized carbons (Fsp3) is 0.462. The van der Waals surface area contributed by atoms with Gasteiger partial charge >= 0.3 is 5.97 Å². The van der Waals surface area contributed by atoms with Crippen LogP contribution in [0.3, 0.4) is 0 Å². The fourth-order valence-corrected chi connectivity index (χ4v) is 4.59. The lowest BCUT2D eigenvalue weighted by Gasteiger charge is -2.35. The van der Waals surface area contributed by atoms with E-state index in [2.05, 4.69) is 0 Å². The monoisotopic (exact) mass is 317 g/mol. The van der Waals surface area contributed by atoms with E-state index in [1.165, 1.54) is 16.4 Å². The Balaban J connectivity index is 2.37. The summed E-state index contributed by atoms with van der Waals surface area (Å²) in [6.07, 6.45) is 1.02. The van der Waals surface area contributed by atoms with Crippen LogP contribution in [0.15, 0.2) is 29.2 Å². The molecule has 0 amide bonds. The minimum Gasteiger partial charge on any atom is -0.481 e. The normalized spacial score (nSPS) is 24.5. The highest BCUT2D eigenvalue weighted by atomic mass is 35.5. The first-order valence-corrected chi connectivity index (χ1v) is 8.15. The van der Waals surface area contributed by atoms with Crippen molar-refractivity contribution >= 4 is 27.6 Å². The summed E-state index contributed by atoms with van der Waals surface area (Å²) in [5, 5.41) is 9.24. The van der Waals surface area contributed by atoms with Crippen LogP contribution >= 0.6 is 11.6 Å². The Morgan fingerprint density at radius 2 is 2.00 bits per heavy atom. The van der Waals surface area contributed by atoms with Crippen LogP contribution in [0.4, 0.5) is 0 Å². The van der Waals surface area contributed by atoms with Crippen LogP contribution in [0.5, 0.6) is 0 Å². The molecule has 2 unspecified atom stereocenters. The van der Waals surface area contributed by atoms with Gasteiger partial charge in [-0.2, -0.15) is 4.31 Å². The Bertz CT molecular complexity index is 617. The highest BCUT2D eigenvalue weighted by Crippen LogP contribution is 2.31. The predicted octanol–water partition coefficient (Wildman–Crippen LogP) is 2.21. The van der Waals surface area contributed by atoms with Crippen molar-refractivity contribution in [2.24, 2.45) is 5.92 Å². The lowest BCUT2D eigenvalue weighted by molar-refractivity contribution is -0.143. The van der Waals surface area contributed by atoms with Gasteiger partial charge in [-0.15, -0.1) is 0 Å². The topological polar surface area (TPSA) is 74.7 Å². The summed E-state index contributed by atoms with van der Waals surface area (Å²) >= 11 is 5.95. The zero-order valence-electron chi connectivity index (χ0n) is 11.0. The van der Waals surface area contributed by atoms with Crippen molar-refractivity contribution in [1.82, 2.24) is 4.31 Å². The highest BCUT2D eigenvalue weighted by molar-refractivity contribution is 7.89. The molecule has 1 heterocycles. The molecule has 110 valence electrons. The molecule has 5 nitrogen and oxygen atoms in total. The maximum atomic E-state index is 12.6. The SMILES string of the molecule is CC1CCC(C(=O)O)CN1S(=O)(=O)c1ccccc1Cl. The quantitative estimate of drug-likeness (QED) is 0.927. The molecule has 2 atom stereocenters. The first kappa shape index (κ1) is 15.3. The van der Waals surface area contributed by atoms with Gasteiger partial charge in [-0.05, 0) is 31.9 Å². The Morgan fingerprint density at radius 1 is 1.35 bits per heavy atom. The summed E-state index contributed by atoms with van der Waals surface area (Å²) in [6, 6.07) is 5.97. The van der Waals surface area contributed by atoms with Crippen LogP contribution in [0.2, 0.25) is 5.02 Å². The van der Waals surface area contributed by atoms with Gasteiger partial charge < -0.3 is 5.11 Å². The zero-order valence-corrected chi connectivity index (χ0v) is 12.6. The van der Waals surface area contributed by atoms with Gasteiger partial charge in [0.1, 0.15) is 4.90 Å². The van der Waals surface area contributed by atoms with Gasteiger partial charge in [0.05, 0.1) is 10.9 Å². The maximum Gasteiger partial charge on any atom is 0.307 e. The number of piperidine rings is 1. The second kappa shape index (κ2) is 5.71. The fourth-order valence-electron chi connectivity index (χ4n) is 2.39. The van der Waals surface area contributed by atoms with Crippen molar-refractivity contribution in [2.75, 3.05) is 6.54 Å². The molecule has 20 heavy (non-hydrogen) atoms. The molecule has 1 aromatic carbocycles. The summed E-state index contributed by atoms with van der Waals surface area (Å²) < 4.78 is 26.5.